The molecule has 0 aliphatic carbocycles. The second kappa shape index (κ2) is 7.25. The van der Waals surface area contributed by atoms with Crippen LogP contribution in [0.25, 0.3) is 0 Å². The molecular formula is C21H23F3N2O. The Morgan fingerprint density at radius 2 is 1.44 bits per heavy atom. The average molecular weight is 376 g/mol. The molecule has 144 valence electrons. The summed E-state index contributed by atoms with van der Waals surface area (Å²) in [4.78, 5) is 16.0. The van der Waals surface area contributed by atoms with E-state index in [1.165, 1.54) is 6.07 Å². The van der Waals surface area contributed by atoms with Crippen LogP contribution in [-0.2, 0) is 5.41 Å². The third kappa shape index (κ3) is 3.94. The molecular weight excluding hydrogens is 353 g/mol. The average Bonchev–Trinajstić information content (AvgIpc) is 2.65. The van der Waals surface area contributed by atoms with Crippen LogP contribution in [0.2, 0.25) is 0 Å². The molecule has 1 aliphatic rings. The fourth-order valence-corrected chi connectivity index (χ4v) is 3.21. The third-order valence-electron chi connectivity index (χ3n) is 4.92. The molecule has 0 bridgehead atoms. The SMILES string of the molecule is CC(C)(C)c1ccc(C(=O)N2CCN(c3ccc(F)c(F)c3F)CC2)cc1. The van der Waals surface area contributed by atoms with Crippen LogP contribution in [0.1, 0.15) is 36.7 Å². The van der Waals surface area contributed by atoms with Crippen LogP contribution in [0.5, 0.6) is 0 Å². The fourth-order valence-electron chi connectivity index (χ4n) is 3.21. The third-order valence-corrected chi connectivity index (χ3v) is 4.92. The number of piperazine rings is 1. The molecule has 1 aliphatic heterocycles. The van der Waals surface area contributed by atoms with E-state index in [1.54, 1.807) is 9.80 Å². The van der Waals surface area contributed by atoms with Crippen LogP contribution < -0.4 is 4.90 Å². The summed E-state index contributed by atoms with van der Waals surface area (Å²) in [5.41, 5.74) is 1.80. The highest BCUT2D eigenvalue weighted by Crippen LogP contribution is 2.26. The molecule has 1 fully saturated rings. The summed E-state index contributed by atoms with van der Waals surface area (Å²) < 4.78 is 40.5. The maximum atomic E-state index is 14.0. The lowest BCUT2D eigenvalue weighted by Gasteiger charge is -2.36. The lowest BCUT2D eigenvalue weighted by Crippen LogP contribution is -2.49. The number of nitrogens with zero attached hydrogens (tertiary/aromatic N) is 2. The van der Waals surface area contributed by atoms with Crippen molar-refractivity contribution in [3.05, 3.63) is 65.0 Å². The Bertz CT molecular complexity index is 836. The van der Waals surface area contributed by atoms with Gasteiger partial charge in [0, 0.05) is 31.7 Å². The van der Waals surface area contributed by atoms with Gasteiger partial charge in [0.05, 0.1) is 5.69 Å². The van der Waals surface area contributed by atoms with Crippen molar-refractivity contribution >= 4 is 11.6 Å². The van der Waals surface area contributed by atoms with Crippen LogP contribution in [0.15, 0.2) is 36.4 Å². The molecule has 0 atom stereocenters. The van der Waals surface area contributed by atoms with E-state index in [4.69, 9.17) is 0 Å². The first-order chi connectivity index (χ1) is 12.7. The minimum Gasteiger partial charge on any atom is -0.366 e. The molecule has 0 saturated carbocycles. The van der Waals surface area contributed by atoms with Gasteiger partial charge in [-0.15, -0.1) is 0 Å². The zero-order valence-corrected chi connectivity index (χ0v) is 15.7. The Hall–Kier alpha value is -2.50. The smallest absolute Gasteiger partial charge is 0.253 e. The van der Waals surface area contributed by atoms with E-state index in [2.05, 4.69) is 20.8 Å². The van der Waals surface area contributed by atoms with E-state index < -0.39 is 17.5 Å². The van der Waals surface area contributed by atoms with Gasteiger partial charge < -0.3 is 9.80 Å². The Balaban J connectivity index is 1.67. The molecule has 27 heavy (non-hydrogen) atoms. The summed E-state index contributed by atoms with van der Waals surface area (Å²) in [5.74, 6) is -3.94. The fraction of sp³-hybridized carbons (Fsp3) is 0.381. The molecule has 1 amide bonds. The lowest BCUT2D eigenvalue weighted by atomic mass is 9.86. The predicted molar refractivity (Wildman–Crippen MR) is 99.6 cm³/mol. The Labute approximate surface area is 157 Å². The van der Waals surface area contributed by atoms with Crippen molar-refractivity contribution in [2.45, 2.75) is 26.2 Å². The Kier molecular flexibility index (Phi) is 5.18. The van der Waals surface area contributed by atoms with Crippen LogP contribution in [0.3, 0.4) is 0 Å². The summed E-state index contributed by atoms with van der Waals surface area (Å²) in [6.45, 7) is 7.82. The Morgan fingerprint density at radius 3 is 2.00 bits per heavy atom. The van der Waals surface area contributed by atoms with Gasteiger partial charge in [0.1, 0.15) is 0 Å². The Morgan fingerprint density at radius 1 is 0.852 bits per heavy atom. The summed E-state index contributed by atoms with van der Waals surface area (Å²) in [6.07, 6.45) is 0. The van der Waals surface area contributed by atoms with Gasteiger partial charge in [-0.05, 0) is 35.2 Å². The molecule has 0 spiro atoms. The lowest BCUT2D eigenvalue weighted by molar-refractivity contribution is 0.0746. The van der Waals surface area contributed by atoms with Gasteiger partial charge in [0.25, 0.3) is 5.91 Å². The van der Waals surface area contributed by atoms with Crippen molar-refractivity contribution in [3.8, 4) is 0 Å². The maximum Gasteiger partial charge on any atom is 0.253 e. The molecule has 0 N–H and O–H groups in total. The van der Waals surface area contributed by atoms with Crippen molar-refractivity contribution in [1.82, 2.24) is 4.90 Å². The van der Waals surface area contributed by atoms with Crippen molar-refractivity contribution in [3.63, 3.8) is 0 Å². The molecule has 2 aromatic carbocycles. The maximum absolute atomic E-state index is 14.0. The molecule has 3 nitrogen and oxygen atoms in total. The van der Waals surface area contributed by atoms with Crippen molar-refractivity contribution in [1.29, 1.82) is 0 Å². The number of anilines is 1. The highest BCUT2D eigenvalue weighted by molar-refractivity contribution is 5.94. The number of amides is 1. The van der Waals surface area contributed by atoms with Crippen LogP contribution in [-0.4, -0.2) is 37.0 Å². The predicted octanol–water partition coefficient (Wildman–Crippen LogP) is 4.36. The van der Waals surface area contributed by atoms with Gasteiger partial charge >= 0.3 is 0 Å². The van der Waals surface area contributed by atoms with Crippen LogP contribution in [0.4, 0.5) is 18.9 Å². The molecule has 2 aromatic rings. The van der Waals surface area contributed by atoms with Gasteiger partial charge in [0.15, 0.2) is 17.5 Å². The van der Waals surface area contributed by atoms with Gasteiger partial charge in [-0.1, -0.05) is 32.9 Å². The van der Waals surface area contributed by atoms with Crippen molar-refractivity contribution < 1.29 is 18.0 Å². The molecule has 1 saturated heterocycles. The minimum atomic E-state index is -1.47. The first-order valence-corrected chi connectivity index (χ1v) is 8.97. The van der Waals surface area contributed by atoms with Crippen molar-refractivity contribution in [2.24, 2.45) is 0 Å². The number of halogens is 3. The number of hydrogen-bond acceptors (Lipinski definition) is 2. The molecule has 6 heteroatoms. The zero-order valence-electron chi connectivity index (χ0n) is 15.7. The molecule has 0 radical (unpaired) electrons. The van der Waals surface area contributed by atoms with Crippen LogP contribution >= 0.6 is 0 Å². The van der Waals surface area contributed by atoms with Gasteiger partial charge in [0.2, 0.25) is 0 Å². The zero-order chi connectivity index (χ0) is 19.8. The molecule has 0 aromatic heterocycles. The van der Waals surface area contributed by atoms with E-state index in [0.29, 0.717) is 31.7 Å². The molecule has 3 rings (SSSR count). The second-order valence-electron chi connectivity index (χ2n) is 7.80. The van der Waals surface area contributed by atoms with Gasteiger partial charge in [-0.3, -0.25) is 4.79 Å². The summed E-state index contributed by atoms with van der Waals surface area (Å²) in [5, 5.41) is 0. The molecule has 0 unspecified atom stereocenters. The van der Waals surface area contributed by atoms with Gasteiger partial charge in [-0.2, -0.15) is 0 Å². The van der Waals surface area contributed by atoms with E-state index in [-0.39, 0.29) is 17.0 Å². The number of carbonyl (C=O) groups is 1. The van der Waals surface area contributed by atoms with E-state index in [0.717, 1.165) is 11.6 Å². The quantitative estimate of drug-likeness (QED) is 0.727. The monoisotopic (exact) mass is 376 g/mol. The molecule has 1 heterocycles. The first-order valence-electron chi connectivity index (χ1n) is 8.97. The number of rotatable bonds is 2. The summed E-state index contributed by atoms with van der Waals surface area (Å²) >= 11 is 0. The number of benzene rings is 2. The van der Waals surface area contributed by atoms with E-state index >= 15 is 0 Å². The highest BCUT2D eigenvalue weighted by atomic mass is 19.2. The summed E-state index contributed by atoms with van der Waals surface area (Å²) in [6, 6.07) is 9.72. The van der Waals surface area contributed by atoms with Gasteiger partial charge in [-0.25, -0.2) is 13.2 Å². The number of carbonyl (C=O) groups excluding carboxylic acids is 1. The highest BCUT2D eigenvalue weighted by Gasteiger charge is 2.25. The minimum absolute atomic E-state index is 0.0156. The number of hydrogen-bond donors (Lipinski definition) is 0. The topological polar surface area (TPSA) is 23.6 Å². The largest absolute Gasteiger partial charge is 0.366 e. The first kappa shape index (κ1) is 19.3. The van der Waals surface area contributed by atoms with Crippen LogP contribution in [0, 0.1) is 17.5 Å². The standard InChI is InChI=1S/C21H23F3N2O/c1-21(2,3)15-6-4-14(5-7-15)20(27)26-12-10-25(11-13-26)17-9-8-16(22)18(23)19(17)24/h4-9H,10-13H2,1-3H3. The van der Waals surface area contributed by atoms with E-state index in [1.807, 2.05) is 24.3 Å². The summed E-state index contributed by atoms with van der Waals surface area (Å²) in [7, 11) is 0. The second-order valence-corrected chi connectivity index (χ2v) is 7.80. The van der Waals surface area contributed by atoms with E-state index in [9.17, 15) is 18.0 Å². The van der Waals surface area contributed by atoms with Crippen molar-refractivity contribution in [2.75, 3.05) is 31.1 Å². The normalized spacial score (nSPS) is 15.2.